The Morgan fingerprint density at radius 2 is 2.35 bits per heavy atom. The van der Waals surface area contributed by atoms with Gasteiger partial charge in [-0.15, -0.1) is 0 Å². The minimum Gasteiger partial charge on any atom is -0.484 e. The highest BCUT2D eigenvalue weighted by molar-refractivity contribution is 9.10. The molecule has 1 heterocycles. The normalized spacial score (nSPS) is 10.5. The van der Waals surface area contributed by atoms with Crippen molar-refractivity contribution in [3.05, 3.63) is 38.3 Å². The van der Waals surface area contributed by atoms with Gasteiger partial charge < -0.3 is 9.30 Å². The highest BCUT2D eigenvalue weighted by Gasteiger charge is 2.06. The molecule has 1 aromatic carbocycles. The van der Waals surface area contributed by atoms with Crippen LogP contribution in [-0.4, -0.2) is 14.8 Å². The number of rotatable bonds is 3. The van der Waals surface area contributed by atoms with E-state index in [1.807, 2.05) is 7.05 Å². The second kappa shape index (κ2) is 5.20. The maximum atomic E-state index is 5.84. The Morgan fingerprint density at radius 3 is 2.94 bits per heavy atom. The van der Waals surface area contributed by atoms with E-state index >= 15 is 0 Å². The van der Waals surface area contributed by atoms with Crippen LogP contribution >= 0.6 is 39.7 Å². The van der Waals surface area contributed by atoms with Crippen LogP contribution in [0.1, 0.15) is 5.82 Å². The van der Waals surface area contributed by atoms with Crippen molar-refractivity contribution in [3.8, 4) is 5.75 Å². The zero-order chi connectivity index (χ0) is 12.4. The summed E-state index contributed by atoms with van der Waals surface area (Å²) >= 11 is 14.2. The Labute approximate surface area is 117 Å². The van der Waals surface area contributed by atoms with Crippen molar-refractivity contribution in [3.63, 3.8) is 0 Å². The highest BCUT2D eigenvalue weighted by atomic mass is 79.9. The Kier molecular flexibility index (Phi) is 3.86. The fourth-order valence-corrected chi connectivity index (χ4v) is 2.19. The Bertz CT molecular complexity index is 595. The summed E-state index contributed by atoms with van der Waals surface area (Å²) in [5.41, 5.74) is 0. The van der Waals surface area contributed by atoms with Crippen LogP contribution in [0, 0.1) is 4.77 Å². The Morgan fingerprint density at radius 1 is 1.59 bits per heavy atom. The maximum Gasteiger partial charge on any atom is 0.194 e. The first-order valence-corrected chi connectivity index (χ1v) is 6.34. The standard InChI is InChI=1S/C10H9BrClN3OS/c1-15-9(13-14-10(15)17)5-16-8-3-2-6(12)4-7(8)11/h2-4H,5H2,1H3,(H,14,17). The van der Waals surface area contributed by atoms with E-state index in [2.05, 4.69) is 26.1 Å². The summed E-state index contributed by atoms with van der Waals surface area (Å²) in [7, 11) is 1.83. The van der Waals surface area contributed by atoms with Crippen molar-refractivity contribution in [2.45, 2.75) is 6.61 Å². The molecule has 0 radical (unpaired) electrons. The van der Waals surface area contributed by atoms with E-state index in [1.54, 1.807) is 22.8 Å². The van der Waals surface area contributed by atoms with Crippen molar-refractivity contribution in [2.24, 2.45) is 7.05 Å². The topological polar surface area (TPSA) is 42.8 Å². The molecule has 0 amide bonds. The maximum absolute atomic E-state index is 5.84. The second-order valence-electron chi connectivity index (χ2n) is 3.37. The van der Waals surface area contributed by atoms with Crippen LogP contribution in [0.15, 0.2) is 22.7 Å². The van der Waals surface area contributed by atoms with Crippen molar-refractivity contribution < 1.29 is 4.74 Å². The third kappa shape index (κ3) is 2.88. The quantitative estimate of drug-likeness (QED) is 0.874. The molecule has 0 saturated carbocycles. The summed E-state index contributed by atoms with van der Waals surface area (Å²) in [5, 5.41) is 7.41. The van der Waals surface area contributed by atoms with Gasteiger partial charge in [0.25, 0.3) is 0 Å². The first-order chi connectivity index (χ1) is 8.08. The molecule has 1 aromatic heterocycles. The van der Waals surface area contributed by atoms with Gasteiger partial charge in [-0.3, -0.25) is 5.10 Å². The molecule has 0 fully saturated rings. The molecular formula is C10H9BrClN3OS. The summed E-state index contributed by atoms with van der Waals surface area (Å²) in [6.07, 6.45) is 0. The first-order valence-electron chi connectivity index (χ1n) is 4.76. The van der Waals surface area contributed by atoms with Gasteiger partial charge in [0.05, 0.1) is 4.47 Å². The van der Waals surface area contributed by atoms with Gasteiger partial charge >= 0.3 is 0 Å². The van der Waals surface area contributed by atoms with E-state index in [-0.39, 0.29) is 0 Å². The third-order valence-corrected chi connectivity index (χ3v) is 3.44. The van der Waals surface area contributed by atoms with Gasteiger partial charge in [0.15, 0.2) is 10.6 Å². The summed E-state index contributed by atoms with van der Waals surface area (Å²) in [5.74, 6) is 1.44. The van der Waals surface area contributed by atoms with E-state index in [9.17, 15) is 0 Å². The van der Waals surface area contributed by atoms with Gasteiger partial charge in [-0.25, -0.2) is 0 Å². The van der Waals surface area contributed by atoms with Crippen molar-refractivity contribution in [2.75, 3.05) is 0 Å². The molecule has 0 saturated heterocycles. The monoisotopic (exact) mass is 333 g/mol. The van der Waals surface area contributed by atoms with Crippen LogP contribution in [0.5, 0.6) is 5.75 Å². The largest absolute Gasteiger partial charge is 0.484 e. The van der Waals surface area contributed by atoms with Crippen molar-refractivity contribution in [1.29, 1.82) is 0 Å². The number of benzene rings is 1. The van der Waals surface area contributed by atoms with Crippen LogP contribution in [0.3, 0.4) is 0 Å². The molecule has 2 rings (SSSR count). The minimum atomic E-state index is 0.337. The summed E-state index contributed by atoms with van der Waals surface area (Å²) in [4.78, 5) is 0. The van der Waals surface area contributed by atoms with Gasteiger partial charge in [-0.1, -0.05) is 11.6 Å². The molecule has 0 aliphatic heterocycles. The number of hydrogen-bond acceptors (Lipinski definition) is 3. The Hall–Kier alpha value is -0.850. The molecule has 0 spiro atoms. The number of aromatic amines is 1. The molecule has 0 aliphatic carbocycles. The fraction of sp³-hybridized carbons (Fsp3) is 0.200. The van der Waals surface area contributed by atoms with Crippen molar-refractivity contribution in [1.82, 2.24) is 14.8 Å². The average molecular weight is 335 g/mol. The molecule has 4 nitrogen and oxygen atoms in total. The lowest BCUT2D eigenvalue weighted by Crippen LogP contribution is -2.03. The molecule has 17 heavy (non-hydrogen) atoms. The predicted octanol–water partition coefficient (Wildman–Crippen LogP) is 3.47. The molecule has 0 unspecified atom stereocenters. The zero-order valence-corrected chi connectivity index (χ0v) is 12.1. The predicted molar refractivity (Wildman–Crippen MR) is 71.9 cm³/mol. The molecule has 0 bridgehead atoms. The van der Waals surface area contributed by atoms with Gasteiger partial charge in [0, 0.05) is 12.1 Å². The smallest absolute Gasteiger partial charge is 0.194 e. The number of ether oxygens (including phenoxy) is 1. The molecule has 0 aliphatic rings. The summed E-state index contributed by atoms with van der Waals surface area (Å²) in [6.45, 7) is 0.337. The Balaban J connectivity index is 2.12. The number of nitrogens with one attached hydrogen (secondary N) is 1. The lowest BCUT2D eigenvalue weighted by atomic mass is 10.3. The number of H-pyrrole nitrogens is 1. The molecule has 0 atom stereocenters. The van der Waals surface area contributed by atoms with E-state index < -0.39 is 0 Å². The number of nitrogens with zero attached hydrogens (tertiary/aromatic N) is 2. The van der Waals surface area contributed by atoms with Crippen LogP contribution in [0.2, 0.25) is 5.02 Å². The lowest BCUT2D eigenvalue weighted by molar-refractivity contribution is 0.289. The molecule has 2 aromatic rings. The molecular weight excluding hydrogens is 326 g/mol. The van der Waals surface area contributed by atoms with Gasteiger partial charge in [-0.05, 0) is 46.3 Å². The van der Waals surface area contributed by atoms with Gasteiger partial charge in [-0.2, -0.15) is 5.10 Å². The number of halogens is 2. The number of hydrogen-bond donors (Lipinski definition) is 1. The number of aromatic nitrogens is 3. The lowest BCUT2D eigenvalue weighted by Gasteiger charge is -2.07. The molecule has 1 N–H and O–H groups in total. The van der Waals surface area contributed by atoms with Crippen molar-refractivity contribution >= 4 is 39.7 Å². The summed E-state index contributed by atoms with van der Waals surface area (Å²) in [6, 6.07) is 5.35. The van der Waals surface area contributed by atoms with Crippen LogP contribution in [-0.2, 0) is 13.7 Å². The van der Waals surface area contributed by atoms with Crippen LogP contribution in [0.4, 0.5) is 0 Å². The van der Waals surface area contributed by atoms with Gasteiger partial charge in [0.1, 0.15) is 12.4 Å². The highest BCUT2D eigenvalue weighted by Crippen LogP contribution is 2.28. The van der Waals surface area contributed by atoms with E-state index in [0.717, 1.165) is 10.3 Å². The third-order valence-electron chi connectivity index (χ3n) is 2.22. The minimum absolute atomic E-state index is 0.337. The van der Waals surface area contributed by atoms with E-state index in [4.69, 9.17) is 28.6 Å². The second-order valence-corrected chi connectivity index (χ2v) is 5.04. The average Bonchev–Trinajstić information content (AvgIpc) is 2.59. The van der Waals surface area contributed by atoms with E-state index in [1.165, 1.54) is 0 Å². The first kappa shape index (κ1) is 12.6. The fourth-order valence-electron chi connectivity index (χ4n) is 1.24. The van der Waals surface area contributed by atoms with Crippen LogP contribution < -0.4 is 4.74 Å². The van der Waals surface area contributed by atoms with E-state index in [0.29, 0.717) is 22.2 Å². The SMILES string of the molecule is Cn1c(COc2ccc(Cl)cc2Br)n[nH]c1=S. The molecule has 90 valence electrons. The van der Waals surface area contributed by atoms with Crippen LogP contribution in [0.25, 0.3) is 0 Å². The zero-order valence-electron chi connectivity index (χ0n) is 8.91. The summed E-state index contributed by atoms with van der Waals surface area (Å²) < 4.78 is 8.76. The van der Waals surface area contributed by atoms with Gasteiger partial charge in [0.2, 0.25) is 0 Å². The molecule has 7 heteroatoms.